The molecule has 9 nitrogen and oxygen atoms in total. The number of sulfonamides is 1. The smallest absolute Gasteiger partial charge is 0.291 e. The minimum Gasteiger partial charge on any atom is -0.455 e. The highest BCUT2D eigenvalue weighted by Gasteiger charge is 2.31. The number of anilines is 1. The van der Waals surface area contributed by atoms with E-state index in [1.165, 1.54) is 10.4 Å². The fourth-order valence-corrected chi connectivity index (χ4v) is 5.12. The topological polar surface area (TPSA) is 119 Å². The third-order valence-electron chi connectivity index (χ3n) is 5.25. The third-order valence-corrected chi connectivity index (χ3v) is 7.25. The van der Waals surface area contributed by atoms with Gasteiger partial charge < -0.3 is 14.3 Å². The van der Waals surface area contributed by atoms with Crippen molar-refractivity contribution in [3.05, 3.63) is 47.7 Å². The molecule has 3 heterocycles. The maximum Gasteiger partial charge on any atom is 0.291 e. The Morgan fingerprint density at radius 3 is 2.38 bits per heavy atom. The molecule has 1 aromatic carbocycles. The van der Waals surface area contributed by atoms with Crippen LogP contribution in [0, 0.1) is 6.92 Å². The maximum absolute atomic E-state index is 12.8. The van der Waals surface area contributed by atoms with Gasteiger partial charge in [0.2, 0.25) is 21.7 Å². The Morgan fingerprint density at radius 1 is 1.12 bits per heavy atom. The van der Waals surface area contributed by atoms with Gasteiger partial charge in [-0.1, -0.05) is 25.9 Å². The Kier molecular flexibility index (Phi) is 5.68. The number of nitrogens with one attached hydrogen (secondary N) is 1. The molecule has 0 radical (unpaired) electrons. The molecular formula is C22H26N4O5S. The zero-order chi connectivity index (χ0) is 23.1. The molecule has 0 unspecified atom stereocenters. The molecule has 1 saturated heterocycles. The van der Waals surface area contributed by atoms with Gasteiger partial charge in [-0.2, -0.15) is 9.29 Å². The van der Waals surface area contributed by atoms with Gasteiger partial charge in [0.1, 0.15) is 10.7 Å². The second-order valence-electron chi connectivity index (χ2n) is 8.85. The Bertz CT molecular complexity index is 1230. The summed E-state index contributed by atoms with van der Waals surface area (Å²) < 4.78 is 37.8. The molecule has 170 valence electrons. The van der Waals surface area contributed by atoms with Gasteiger partial charge in [0.15, 0.2) is 5.76 Å². The molecule has 0 saturated carbocycles. The number of furan rings is 1. The molecule has 3 aromatic rings. The highest BCUT2D eigenvalue weighted by molar-refractivity contribution is 7.89. The largest absolute Gasteiger partial charge is 0.455 e. The molecule has 4 rings (SSSR count). The molecule has 1 fully saturated rings. The summed E-state index contributed by atoms with van der Waals surface area (Å²) in [5, 5.41) is 6.73. The van der Waals surface area contributed by atoms with Crippen molar-refractivity contribution in [3.8, 4) is 11.4 Å². The Morgan fingerprint density at radius 2 is 1.78 bits per heavy atom. The van der Waals surface area contributed by atoms with Crippen LogP contribution < -0.4 is 5.32 Å². The lowest BCUT2D eigenvalue weighted by molar-refractivity contribution is 0.0995. The van der Waals surface area contributed by atoms with E-state index in [4.69, 9.17) is 8.94 Å². The van der Waals surface area contributed by atoms with E-state index in [1.807, 2.05) is 20.8 Å². The first-order valence-corrected chi connectivity index (χ1v) is 11.9. The van der Waals surface area contributed by atoms with Crippen molar-refractivity contribution < 1.29 is 22.2 Å². The minimum absolute atomic E-state index is 0.0339. The summed E-state index contributed by atoms with van der Waals surface area (Å²) in [5.74, 6) is 0.615. The Balaban J connectivity index is 1.48. The molecule has 0 bridgehead atoms. The van der Waals surface area contributed by atoms with E-state index >= 15 is 0 Å². The number of amides is 1. The van der Waals surface area contributed by atoms with Crippen LogP contribution in [0.1, 0.15) is 55.8 Å². The van der Waals surface area contributed by atoms with Crippen LogP contribution in [0.2, 0.25) is 0 Å². The average molecular weight is 459 g/mol. The summed E-state index contributed by atoms with van der Waals surface area (Å²) in [6.07, 6.45) is 1.67. The number of benzene rings is 1. The van der Waals surface area contributed by atoms with Gasteiger partial charge in [0.05, 0.1) is 0 Å². The molecule has 0 spiro atoms. The summed E-state index contributed by atoms with van der Waals surface area (Å²) >= 11 is 0. The van der Waals surface area contributed by atoms with Crippen LogP contribution >= 0.6 is 0 Å². The van der Waals surface area contributed by atoms with E-state index in [0.29, 0.717) is 30.5 Å². The van der Waals surface area contributed by atoms with Gasteiger partial charge in [-0.05, 0) is 44.0 Å². The Hall–Kier alpha value is -2.98. The van der Waals surface area contributed by atoms with Crippen LogP contribution in [0.5, 0.6) is 0 Å². The van der Waals surface area contributed by atoms with E-state index in [-0.39, 0.29) is 21.8 Å². The predicted molar refractivity (Wildman–Crippen MR) is 118 cm³/mol. The molecule has 32 heavy (non-hydrogen) atoms. The van der Waals surface area contributed by atoms with E-state index in [1.54, 1.807) is 31.2 Å². The van der Waals surface area contributed by atoms with E-state index in [0.717, 1.165) is 18.4 Å². The van der Waals surface area contributed by atoms with Crippen molar-refractivity contribution in [2.75, 3.05) is 18.4 Å². The van der Waals surface area contributed by atoms with E-state index < -0.39 is 15.9 Å². The average Bonchev–Trinajstić information content (AvgIpc) is 3.48. The second-order valence-corrected chi connectivity index (χ2v) is 10.8. The number of aromatic nitrogens is 2. The summed E-state index contributed by atoms with van der Waals surface area (Å²) in [4.78, 5) is 17.1. The lowest BCUT2D eigenvalue weighted by Gasteiger charge is -2.14. The third kappa shape index (κ3) is 4.33. The highest BCUT2D eigenvalue weighted by atomic mass is 32.2. The number of carbonyl (C=O) groups is 1. The fraction of sp³-hybridized carbons (Fsp3) is 0.409. The first-order chi connectivity index (χ1) is 15.1. The van der Waals surface area contributed by atoms with Crippen molar-refractivity contribution in [3.63, 3.8) is 0 Å². The van der Waals surface area contributed by atoms with Gasteiger partial charge >= 0.3 is 0 Å². The molecule has 1 aliphatic heterocycles. The van der Waals surface area contributed by atoms with Crippen molar-refractivity contribution in [2.45, 2.75) is 50.8 Å². The minimum atomic E-state index is -3.66. The summed E-state index contributed by atoms with van der Waals surface area (Å²) in [6.45, 7) is 8.48. The molecule has 2 aromatic heterocycles. The van der Waals surface area contributed by atoms with Crippen molar-refractivity contribution in [2.24, 2.45) is 0 Å². The lowest BCUT2D eigenvalue weighted by Crippen LogP contribution is -2.28. The van der Waals surface area contributed by atoms with Gasteiger partial charge in [0.25, 0.3) is 5.91 Å². The van der Waals surface area contributed by atoms with Crippen LogP contribution in [0.15, 0.2) is 44.2 Å². The van der Waals surface area contributed by atoms with Crippen LogP contribution in [0.4, 0.5) is 5.69 Å². The van der Waals surface area contributed by atoms with Crippen LogP contribution in [-0.4, -0.2) is 41.9 Å². The van der Waals surface area contributed by atoms with Gasteiger partial charge in [-0.25, -0.2) is 8.42 Å². The molecule has 1 aliphatic rings. The normalized spacial score (nSPS) is 15.2. The molecule has 0 atom stereocenters. The summed E-state index contributed by atoms with van der Waals surface area (Å²) in [6, 6.07) is 8.24. The number of hydrogen-bond acceptors (Lipinski definition) is 7. The van der Waals surface area contributed by atoms with Crippen molar-refractivity contribution in [1.29, 1.82) is 0 Å². The highest BCUT2D eigenvalue weighted by Crippen LogP contribution is 2.28. The summed E-state index contributed by atoms with van der Waals surface area (Å²) in [7, 11) is -3.66. The predicted octanol–water partition coefficient (Wildman–Crippen LogP) is 3.97. The van der Waals surface area contributed by atoms with Gasteiger partial charge in [-0.3, -0.25) is 4.79 Å². The molecular weight excluding hydrogens is 432 g/mol. The quantitative estimate of drug-likeness (QED) is 0.614. The number of carbonyl (C=O) groups excluding carboxylic acids is 1. The monoisotopic (exact) mass is 458 g/mol. The zero-order valence-corrected chi connectivity index (χ0v) is 19.3. The van der Waals surface area contributed by atoms with E-state index in [9.17, 15) is 13.2 Å². The molecule has 10 heteroatoms. The number of rotatable bonds is 5. The number of aryl methyl sites for hydroxylation is 1. The standard InChI is InChI=1S/C22H26N4O5S/c1-14-18(32(28,29)26-11-5-6-12-26)13-17(30-14)20(27)23-16-9-7-15(8-10-16)19-24-21(31-25-19)22(2,3)4/h7-10,13H,5-6,11-12H2,1-4H3,(H,23,27). The number of hydrogen-bond donors (Lipinski definition) is 1. The molecule has 1 N–H and O–H groups in total. The first-order valence-electron chi connectivity index (χ1n) is 10.4. The van der Waals surface area contributed by atoms with Gasteiger partial charge in [0, 0.05) is 35.8 Å². The summed E-state index contributed by atoms with van der Waals surface area (Å²) in [5.41, 5.74) is 1.02. The molecule has 0 aliphatic carbocycles. The lowest BCUT2D eigenvalue weighted by atomic mass is 9.97. The van der Waals surface area contributed by atoms with Crippen molar-refractivity contribution >= 4 is 21.6 Å². The van der Waals surface area contributed by atoms with Crippen LogP contribution in [0.25, 0.3) is 11.4 Å². The maximum atomic E-state index is 12.8. The van der Waals surface area contributed by atoms with E-state index in [2.05, 4.69) is 15.5 Å². The van der Waals surface area contributed by atoms with Gasteiger partial charge in [-0.15, -0.1) is 0 Å². The molecule has 1 amide bonds. The van der Waals surface area contributed by atoms with Crippen LogP contribution in [-0.2, 0) is 15.4 Å². The number of nitrogens with zero attached hydrogens (tertiary/aromatic N) is 3. The SMILES string of the molecule is Cc1oc(C(=O)Nc2ccc(-c3noc(C(C)(C)C)n3)cc2)cc1S(=O)(=O)N1CCCC1. The Labute approximate surface area is 186 Å². The van der Waals surface area contributed by atoms with Crippen LogP contribution in [0.3, 0.4) is 0 Å². The fourth-order valence-electron chi connectivity index (χ4n) is 3.44. The second kappa shape index (κ2) is 8.18. The first kappa shape index (κ1) is 22.2. The zero-order valence-electron chi connectivity index (χ0n) is 18.5. The van der Waals surface area contributed by atoms with Crippen molar-refractivity contribution in [1.82, 2.24) is 14.4 Å².